The smallest absolute Gasteiger partial charge is 0.469 e. The maximum absolute atomic E-state index is 13.0. The summed E-state index contributed by atoms with van der Waals surface area (Å²) in [7, 11) is 0.930. The molecule has 0 bridgehead atoms. The van der Waals surface area contributed by atoms with Gasteiger partial charge in [-0.2, -0.15) is 13.2 Å². The van der Waals surface area contributed by atoms with Crippen LogP contribution in [0.4, 0.5) is 26.3 Å². The Balaban J connectivity index is 3.54. The van der Waals surface area contributed by atoms with Crippen molar-refractivity contribution in [3.63, 3.8) is 0 Å². The van der Waals surface area contributed by atoms with Crippen LogP contribution < -0.4 is 10.5 Å². The van der Waals surface area contributed by atoms with Crippen LogP contribution in [0.1, 0.15) is 16.8 Å². The van der Waals surface area contributed by atoms with E-state index < -0.39 is 54.0 Å². The van der Waals surface area contributed by atoms with E-state index in [1.54, 1.807) is 0 Å². The zero-order valence-electron chi connectivity index (χ0n) is 11.0. The highest BCUT2D eigenvalue weighted by atomic mass is 19.4. The van der Waals surface area contributed by atoms with E-state index in [1.807, 2.05) is 0 Å². The molecule has 11 heteroatoms. The Morgan fingerprint density at radius 2 is 1.86 bits per heavy atom. The third-order valence-corrected chi connectivity index (χ3v) is 2.44. The van der Waals surface area contributed by atoms with Crippen molar-refractivity contribution in [3.8, 4) is 5.75 Å². The van der Waals surface area contributed by atoms with Gasteiger partial charge in [-0.3, -0.25) is 9.78 Å². The van der Waals surface area contributed by atoms with E-state index in [4.69, 9.17) is 5.73 Å². The average Bonchev–Trinajstić information content (AvgIpc) is 2.36. The van der Waals surface area contributed by atoms with Crippen LogP contribution in [0.25, 0.3) is 0 Å². The van der Waals surface area contributed by atoms with Gasteiger partial charge in [-0.1, -0.05) is 0 Å². The Labute approximate surface area is 120 Å². The Morgan fingerprint density at radius 1 is 1.27 bits per heavy atom. The van der Waals surface area contributed by atoms with E-state index in [9.17, 15) is 31.1 Å². The minimum atomic E-state index is -5.39. The molecule has 0 radical (unpaired) electrons. The molecule has 2 N–H and O–H groups in total. The van der Waals surface area contributed by atoms with E-state index >= 15 is 0 Å². The molecule has 0 atom stereocenters. The summed E-state index contributed by atoms with van der Waals surface area (Å²) in [6.45, 7) is -0.762. The number of methoxy groups -OCH3 is 1. The van der Waals surface area contributed by atoms with Crippen molar-refractivity contribution in [2.75, 3.05) is 7.11 Å². The second kappa shape index (κ2) is 6.38. The number of nitrogens with two attached hydrogens (primary N) is 1. The number of esters is 1. The van der Waals surface area contributed by atoms with Gasteiger partial charge in [0.2, 0.25) is 0 Å². The number of aromatic nitrogens is 1. The number of carbonyl (C=O) groups excluding carboxylic acids is 1. The highest BCUT2D eigenvalue weighted by Crippen LogP contribution is 2.42. The van der Waals surface area contributed by atoms with Gasteiger partial charge in [0.25, 0.3) is 0 Å². The Morgan fingerprint density at radius 3 is 2.27 bits per heavy atom. The van der Waals surface area contributed by atoms with Crippen LogP contribution in [0.3, 0.4) is 0 Å². The first-order chi connectivity index (χ1) is 9.99. The summed E-state index contributed by atoms with van der Waals surface area (Å²) in [6.07, 6.45) is -10.8. The average molecular weight is 332 g/mol. The molecule has 0 unspecified atom stereocenters. The quantitative estimate of drug-likeness (QED) is 0.676. The number of hydrogen-bond acceptors (Lipinski definition) is 5. The fourth-order valence-corrected chi connectivity index (χ4v) is 1.60. The van der Waals surface area contributed by atoms with Crippen LogP contribution in [0, 0.1) is 0 Å². The summed E-state index contributed by atoms with van der Waals surface area (Å²) in [5.41, 5.74) is 1.75. The van der Waals surface area contributed by atoms with Crippen molar-refractivity contribution >= 4 is 5.97 Å². The Hall–Kier alpha value is -2.04. The molecule has 0 aliphatic rings. The summed E-state index contributed by atoms with van der Waals surface area (Å²) in [5.74, 6) is -2.61. The Bertz CT molecular complexity index is 556. The highest BCUT2D eigenvalue weighted by Gasteiger charge is 2.43. The van der Waals surface area contributed by atoms with Gasteiger partial charge in [-0.15, -0.1) is 13.2 Å². The van der Waals surface area contributed by atoms with Crippen molar-refractivity contribution < 1.29 is 40.6 Å². The van der Waals surface area contributed by atoms with Crippen molar-refractivity contribution in [2.24, 2.45) is 5.73 Å². The van der Waals surface area contributed by atoms with E-state index in [2.05, 4.69) is 14.5 Å². The molecule has 124 valence electrons. The number of carbonyl (C=O) groups is 1. The lowest BCUT2D eigenvalue weighted by Gasteiger charge is -2.20. The third kappa shape index (κ3) is 4.48. The standard InChI is InChI=1S/C11H10F6N2O3/c1-21-7(20)2-5-4-19-6(3-18)8(10(12,13)14)9(5)22-11(15,16)17/h4H,2-3,18H2,1H3. The zero-order chi connectivity index (χ0) is 17.1. The molecule has 0 spiro atoms. The topological polar surface area (TPSA) is 74.4 Å². The van der Waals surface area contributed by atoms with Crippen molar-refractivity contribution in [1.82, 2.24) is 4.98 Å². The van der Waals surface area contributed by atoms with E-state index in [0.29, 0.717) is 6.20 Å². The summed E-state index contributed by atoms with van der Waals surface area (Å²) >= 11 is 0. The molecule has 0 saturated carbocycles. The molecule has 1 rings (SSSR count). The van der Waals surface area contributed by atoms with Crippen LogP contribution in [0.2, 0.25) is 0 Å². The van der Waals surface area contributed by atoms with Crippen LogP contribution in [0.15, 0.2) is 6.20 Å². The predicted octanol–water partition coefficient (Wildman–Crippen LogP) is 2.17. The molecular formula is C11H10F6N2O3. The highest BCUT2D eigenvalue weighted by molar-refractivity contribution is 5.73. The van der Waals surface area contributed by atoms with Crippen LogP contribution in [-0.2, 0) is 28.7 Å². The third-order valence-electron chi connectivity index (χ3n) is 2.44. The fraction of sp³-hybridized carbons (Fsp3) is 0.455. The summed E-state index contributed by atoms with van der Waals surface area (Å²) in [5, 5.41) is 0. The number of rotatable bonds is 4. The Kier molecular flexibility index (Phi) is 5.22. The normalized spacial score (nSPS) is 12.2. The molecule has 22 heavy (non-hydrogen) atoms. The number of hydrogen-bond donors (Lipinski definition) is 1. The van der Waals surface area contributed by atoms with E-state index in [-0.39, 0.29) is 0 Å². The van der Waals surface area contributed by atoms with Crippen LogP contribution in [0.5, 0.6) is 5.75 Å². The number of pyridine rings is 1. The predicted molar refractivity (Wildman–Crippen MR) is 59.5 cm³/mol. The first-order valence-electron chi connectivity index (χ1n) is 5.60. The van der Waals surface area contributed by atoms with Crippen molar-refractivity contribution in [2.45, 2.75) is 25.5 Å². The largest absolute Gasteiger partial charge is 0.573 e. The summed E-state index contributed by atoms with van der Waals surface area (Å²) in [6, 6.07) is 0. The number of halogens is 6. The van der Waals surface area contributed by atoms with Gasteiger partial charge in [0.05, 0.1) is 19.2 Å². The molecule has 1 heterocycles. The number of ether oxygens (including phenoxy) is 2. The SMILES string of the molecule is COC(=O)Cc1cnc(CN)c(C(F)(F)F)c1OC(F)(F)F. The minimum absolute atomic E-state index is 0.662. The van der Waals surface area contributed by atoms with Gasteiger partial charge in [0.15, 0.2) is 0 Å². The second-order valence-corrected chi connectivity index (χ2v) is 3.94. The van der Waals surface area contributed by atoms with Crippen molar-refractivity contribution in [1.29, 1.82) is 0 Å². The molecular weight excluding hydrogens is 322 g/mol. The van der Waals surface area contributed by atoms with Gasteiger partial charge in [-0.25, -0.2) is 0 Å². The lowest BCUT2D eigenvalue weighted by atomic mass is 10.1. The molecule has 0 fully saturated rings. The second-order valence-electron chi connectivity index (χ2n) is 3.94. The zero-order valence-corrected chi connectivity index (χ0v) is 11.0. The maximum Gasteiger partial charge on any atom is 0.573 e. The van der Waals surface area contributed by atoms with Crippen LogP contribution >= 0.6 is 0 Å². The lowest BCUT2D eigenvalue weighted by Crippen LogP contribution is -2.24. The molecule has 0 aromatic carbocycles. The fourth-order valence-electron chi connectivity index (χ4n) is 1.60. The summed E-state index contributed by atoms with van der Waals surface area (Å²) < 4.78 is 83.9. The summed E-state index contributed by atoms with van der Waals surface area (Å²) in [4.78, 5) is 14.5. The first-order valence-corrected chi connectivity index (χ1v) is 5.60. The van der Waals surface area contributed by atoms with Crippen molar-refractivity contribution in [3.05, 3.63) is 23.0 Å². The molecule has 5 nitrogen and oxygen atoms in total. The minimum Gasteiger partial charge on any atom is -0.469 e. The van der Waals surface area contributed by atoms with Gasteiger partial charge in [0.1, 0.15) is 11.3 Å². The molecule has 0 amide bonds. The number of alkyl halides is 6. The van der Waals surface area contributed by atoms with Gasteiger partial charge < -0.3 is 15.2 Å². The van der Waals surface area contributed by atoms with E-state index in [0.717, 1.165) is 7.11 Å². The maximum atomic E-state index is 13.0. The number of nitrogens with zero attached hydrogens (tertiary/aromatic N) is 1. The van der Waals surface area contributed by atoms with E-state index in [1.165, 1.54) is 0 Å². The monoisotopic (exact) mass is 332 g/mol. The first kappa shape index (κ1) is 18.0. The molecule has 1 aromatic heterocycles. The molecule has 0 aliphatic carbocycles. The van der Waals surface area contributed by atoms with Gasteiger partial charge in [-0.05, 0) is 0 Å². The lowest BCUT2D eigenvalue weighted by molar-refractivity contribution is -0.276. The molecule has 0 saturated heterocycles. The molecule has 1 aromatic rings. The van der Waals surface area contributed by atoms with Crippen LogP contribution in [-0.4, -0.2) is 24.4 Å². The molecule has 0 aliphatic heterocycles. The van der Waals surface area contributed by atoms with Gasteiger partial charge in [0, 0.05) is 18.3 Å². The van der Waals surface area contributed by atoms with Gasteiger partial charge >= 0.3 is 18.5 Å².